The second-order valence-electron chi connectivity index (χ2n) is 4.17. The highest BCUT2D eigenvalue weighted by Crippen LogP contribution is 2.15. The SMILES string of the molecule is CC1CCCCN1CCCNS(N)(=O)=O. The van der Waals surface area contributed by atoms with Gasteiger partial charge in [-0.15, -0.1) is 0 Å². The molecular formula is C9H21N3O2S. The van der Waals surface area contributed by atoms with E-state index in [4.69, 9.17) is 5.14 Å². The van der Waals surface area contributed by atoms with E-state index < -0.39 is 10.2 Å². The van der Waals surface area contributed by atoms with Gasteiger partial charge in [0, 0.05) is 12.6 Å². The van der Waals surface area contributed by atoms with Crippen LogP contribution in [0.5, 0.6) is 0 Å². The number of hydrogen-bond acceptors (Lipinski definition) is 3. The number of piperidine rings is 1. The van der Waals surface area contributed by atoms with E-state index in [-0.39, 0.29) is 0 Å². The quantitative estimate of drug-likeness (QED) is 0.661. The zero-order chi connectivity index (χ0) is 11.3. The maximum Gasteiger partial charge on any atom is 0.274 e. The Bertz CT molecular complexity index is 279. The number of hydrogen-bond donors (Lipinski definition) is 2. The summed E-state index contributed by atoms with van der Waals surface area (Å²) in [5.74, 6) is 0. The van der Waals surface area contributed by atoms with E-state index in [1.807, 2.05) is 0 Å². The van der Waals surface area contributed by atoms with Crippen molar-refractivity contribution in [2.75, 3.05) is 19.6 Å². The second kappa shape index (κ2) is 5.79. The number of rotatable bonds is 5. The van der Waals surface area contributed by atoms with Gasteiger partial charge in [0.05, 0.1) is 0 Å². The molecule has 1 rings (SSSR count). The van der Waals surface area contributed by atoms with Crippen molar-refractivity contribution in [3.8, 4) is 0 Å². The Hall–Kier alpha value is -0.170. The van der Waals surface area contributed by atoms with E-state index in [1.165, 1.54) is 19.3 Å². The van der Waals surface area contributed by atoms with Gasteiger partial charge in [-0.2, -0.15) is 8.42 Å². The molecule has 0 saturated carbocycles. The van der Waals surface area contributed by atoms with Crippen LogP contribution in [-0.2, 0) is 10.2 Å². The van der Waals surface area contributed by atoms with Crippen molar-refractivity contribution in [2.45, 2.75) is 38.6 Å². The van der Waals surface area contributed by atoms with Crippen LogP contribution < -0.4 is 9.86 Å². The van der Waals surface area contributed by atoms with Crippen LogP contribution in [0.15, 0.2) is 0 Å². The molecule has 0 aromatic carbocycles. The lowest BCUT2D eigenvalue weighted by atomic mass is 10.0. The molecule has 1 aliphatic rings. The summed E-state index contributed by atoms with van der Waals surface area (Å²) >= 11 is 0. The summed E-state index contributed by atoms with van der Waals surface area (Å²) in [5, 5.41) is 4.83. The third-order valence-corrected chi connectivity index (χ3v) is 3.47. The van der Waals surface area contributed by atoms with Gasteiger partial charge in [-0.1, -0.05) is 6.42 Å². The van der Waals surface area contributed by atoms with Crippen molar-refractivity contribution in [2.24, 2.45) is 5.14 Å². The molecule has 1 unspecified atom stereocenters. The minimum Gasteiger partial charge on any atom is -0.301 e. The van der Waals surface area contributed by atoms with Crippen LogP contribution in [0.4, 0.5) is 0 Å². The molecule has 0 radical (unpaired) electrons. The van der Waals surface area contributed by atoms with E-state index in [0.29, 0.717) is 12.6 Å². The van der Waals surface area contributed by atoms with Gasteiger partial charge in [0.25, 0.3) is 10.2 Å². The van der Waals surface area contributed by atoms with Gasteiger partial charge in [0.15, 0.2) is 0 Å². The largest absolute Gasteiger partial charge is 0.301 e. The zero-order valence-corrected chi connectivity index (χ0v) is 10.1. The van der Waals surface area contributed by atoms with E-state index in [2.05, 4.69) is 16.5 Å². The lowest BCUT2D eigenvalue weighted by Crippen LogP contribution is -2.39. The summed E-state index contributed by atoms with van der Waals surface area (Å²) in [5.41, 5.74) is 0. The second-order valence-corrected chi connectivity index (χ2v) is 5.55. The van der Waals surface area contributed by atoms with E-state index in [0.717, 1.165) is 19.5 Å². The average molecular weight is 235 g/mol. The molecule has 0 aliphatic carbocycles. The lowest BCUT2D eigenvalue weighted by Gasteiger charge is -2.33. The Morgan fingerprint density at radius 1 is 1.47 bits per heavy atom. The summed E-state index contributed by atoms with van der Waals surface area (Å²) in [6, 6.07) is 0.633. The van der Waals surface area contributed by atoms with Crippen molar-refractivity contribution >= 4 is 10.2 Å². The van der Waals surface area contributed by atoms with Gasteiger partial charge in [0.1, 0.15) is 0 Å². The van der Waals surface area contributed by atoms with Crippen molar-refractivity contribution in [1.82, 2.24) is 9.62 Å². The molecule has 1 heterocycles. The van der Waals surface area contributed by atoms with Crippen molar-refractivity contribution in [3.05, 3.63) is 0 Å². The first kappa shape index (κ1) is 12.9. The Balaban J connectivity index is 2.14. The van der Waals surface area contributed by atoms with E-state index >= 15 is 0 Å². The predicted molar refractivity (Wildman–Crippen MR) is 60.6 cm³/mol. The summed E-state index contributed by atoms with van der Waals surface area (Å²) in [7, 11) is -3.51. The van der Waals surface area contributed by atoms with Crippen LogP contribution in [0.1, 0.15) is 32.6 Å². The summed E-state index contributed by atoms with van der Waals surface area (Å²) < 4.78 is 23.5. The first-order valence-electron chi connectivity index (χ1n) is 5.50. The summed E-state index contributed by atoms with van der Waals surface area (Å²) in [4.78, 5) is 2.41. The third kappa shape index (κ3) is 5.46. The maximum atomic E-state index is 10.6. The van der Waals surface area contributed by atoms with Crippen molar-refractivity contribution in [1.29, 1.82) is 0 Å². The monoisotopic (exact) mass is 235 g/mol. The smallest absolute Gasteiger partial charge is 0.274 e. The maximum absolute atomic E-state index is 10.6. The third-order valence-electron chi connectivity index (χ3n) is 2.87. The topological polar surface area (TPSA) is 75.4 Å². The van der Waals surface area contributed by atoms with Gasteiger partial charge >= 0.3 is 0 Å². The minimum atomic E-state index is -3.51. The van der Waals surface area contributed by atoms with Gasteiger partial charge in [-0.05, 0) is 39.3 Å². The fourth-order valence-corrected chi connectivity index (χ4v) is 2.42. The highest BCUT2D eigenvalue weighted by atomic mass is 32.2. The van der Waals surface area contributed by atoms with Crippen molar-refractivity contribution < 1.29 is 8.42 Å². The number of nitrogens with two attached hydrogens (primary N) is 1. The van der Waals surface area contributed by atoms with Crippen LogP contribution in [0, 0.1) is 0 Å². The van der Waals surface area contributed by atoms with Crippen LogP contribution in [0.2, 0.25) is 0 Å². The Labute approximate surface area is 92.2 Å². The normalized spacial score (nSPS) is 24.3. The minimum absolute atomic E-state index is 0.433. The van der Waals surface area contributed by atoms with Crippen molar-refractivity contribution in [3.63, 3.8) is 0 Å². The summed E-state index contributed by atoms with van der Waals surface area (Å²) in [6.45, 7) is 4.74. The highest BCUT2D eigenvalue weighted by Gasteiger charge is 2.17. The highest BCUT2D eigenvalue weighted by molar-refractivity contribution is 7.87. The zero-order valence-electron chi connectivity index (χ0n) is 9.28. The number of nitrogens with zero attached hydrogens (tertiary/aromatic N) is 1. The Morgan fingerprint density at radius 3 is 2.80 bits per heavy atom. The standard InChI is InChI=1S/C9H21N3O2S/c1-9-5-2-3-7-12(9)8-4-6-11-15(10,13)14/h9,11H,2-8H2,1H3,(H2,10,13,14). The fourth-order valence-electron chi connectivity index (χ4n) is 1.99. The molecule has 1 atom stereocenters. The fraction of sp³-hybridized carbons (Fsp3) is 1.00. The number of likely N-dealkylation sites (tertiary alicyclic amines) is 1. The molecule has 0 aromatic heterocycles. The van der Waals surface area contributed by atoms with Crippen LogP contribution in [0.3, 0.4) is 0 Å². The molecule has 0 bridgehead atoms. The average Bonchev–Trinajstić information content (AvgIpc) is 2.13. The molecule has 90 valence electrons. The first-order valence-corrected chi connectivity index (χ1v) is 7.05. The van der Waals surface area contributed by atoms with Gasteiger partial charge in [-0.25, -0.2) is 9.86 Å². The Kier molecular flexibility index (Phi) is 4.98. The Morgan fingerprint density at radius 2 is 2.20 bits per heavy atom. The molecule has 6 heteroatoms. The molecule has 3 N–H and O–H groups in total. The molecule has 1 aliphatic heterocycles. The van der Waals surface area contributed by atoms with E-state index in [9.17, 15) is 8.42 Å². The molecule has 0 spiro atoms. The van der Waals surface area contributed by atoms with Gasteiger partial charge in [-0.3, -0.25) is 0 Å². The predicted octanol–water partition coefficient (Wildman–Crippen LogP) is 0.0440. The molecule has 0 aromatic rings. The molecule has 1 saturated heterocycles. The van der Waals surface area contributed by atoms with Crippen LogP contribution in [-0.4, -0.2) is 39.0 Å². The lowest BCUT2D eigenvalue weighted by molar-refractivity contribution is 0.159. The van der Waals surface area contributed by atoms with Gasteiger partial charge < -0.3 is 4.90 Å². The molecule has 15 heavy (non-hydrogen) atoms. The van der Waals surface area contributed by atoms with Gasteiger partial charge in [0.2, 0.25) is 0 Å². The van der Waals surface area contributed by atoms with E-state index in [1.54, 1.807) is 0 Å². The van der Waals surface area contributed by atoms with Crippen LogP contribution in [0.25, 0.3) is 0 Å². The number of nitrogens with one attached hydrogen (secondary N) is 1. The first-order chi connectivity index (χ1) is 6.99. The summed E-state index contributed by atoms with van der Waals surface area (Å²) in [6.07, 6.45) is 4.64. The molecule has 0 amide bonds. The molecule has 1 fully saturated rings. The molecular weight excluding hydrogens is 214 g/mol. The van der Waals surface area contributed by atoms with Crippen LogP contribution >= 0.6 is 0 Å². The molecule has 5 nitrogen and oxygen atoms in total.